The Labute approximate surface area is 197 Å². The van der Waals surface area contributed by atoms with Crippen LogP contribution in [-0.4, -0.2) is 38.2 Å². The maximum atomic E-state index is 12.8. The van der Waals surface area contributed by atoms with Crippen LogP contribution >= 0.6 is 0 Å². The molecule has 0 spiro atoms. The summed E-state index contributed by atoms with van der Waals surface area (Å²) in [6.45, 7) is 0. The fourth-order valence-corrected chi connectivity index (χ4v) is 3.77. The zero-order valence-corrected chi connectivity index (χ0v) is 19.1. The molecule has 2 aromatic rings. The molecule has 0 radical (unpaired) electrons. The molecule has 0 aliphatic heterocycles. The highest BCUT2D eigenvalue weighted by atomic mass is 16.5. The summed E-state index contributed by atoms with van der Waals surface area (Å²) in [4.78, 5) is 48.1. The van der Waals surface area contributed by atoms with Crippen LogP contribution in [0, 0.1) is 11.8 Å². The molecule has 10 nitrogen and oxygen atoms in total. The normalized spacial score (nSPS) is 17.1. The maximum Gasteiger partial charge on any atom is 0.411 e. The Kier molecular flexibility index (Phi) is 8.44. The molecule has 1 fully saturated rings. The minimum atomic E-state index is -0.572. The molecular formula is C24H28N4O6. The first-order chi connectivity index (χ1) is 16.4. The van der Waals surface area contributed by atoms with E-state index in [-0.39, 0.29) is 23.7 Å². The molecule has 2 unspecified atom stereocenters. The maximum absolute atomic E-state index is 12.8. The van der Waals surface area contributed by atoms with Crippen LogP contribution in [0.4, 0.5) is 32.3 Å². The van der Waals surface area contributed by atoms with Crippen molar-refractivity contribution in [3.05, 3.63) is 48.5 Å². The van der Waals surface area contributed by atoms with E-state index in [0.29, 0.717) is 42.0 Å². The summed E-state index contributed by atoms with van der Waals surface area (Å²) in [6.07, 6.45) is 1.52. The van der Waals surface area contributed by atoms with Gasteiger partial charge in [-0.05, 0) is 67.8 Å². The molecule has 0 aromatic heterocycles. The van der Waals surface area contributed by atoms with Gasteiger partial charge in [-0.15, -0.1) is 0 Å². The fourth-order valence-electron chi connectivity index (χ4n) is 3.77. The Bertz CT molecular complexity index is 941. The number of benzene rings is 2. The van der Waals surface area contributed by atoms with E-state index in [9.17, 15) is 19.2 Å². The smallest absolute Gasteiger partial charge is 0.411 e. The van der Waals surface area contributed by atoms with E-state index < -0.39 is 12.2 Å². The third-order valence-corrected chi connectivity index (χ3v) is 5.58. The summed E-state index contributed by atoms with van der Waals surface area (Å²) in [7, 11) is 2.56. The van der Waals surface area contributed by atoms with Crippen molar-refractivity contribution < 1.29 is 28.7 Å². The Morgan fingerprint density at radius 2 is 0.941 bits per heavy atom. The minimum Gasteiger partial charge on any atom is -0.453 e. The van der Waals surface area contributed by atoms with Crippen LogP contribution in [-0.2, 0) is 19.1 Å². The summed E-state index contributed by atoms with van der Waals surface area (Å²) in [6, 6.07) is 13.4. The van der Waals surface area contributed by atoms with Crippen LogP contribution in [0.15, 0.2) is 48.5 Å². The summed E-state index contributed by atoms with van der Waals surface area (Å²) in [5.74, 6) is -0.818. The number of rotatable bonds is 6. The molecular weight excluding hydrogens is 440 g/mol. The second-order valence-corrected chi connectivity index (χ2v) is 7.93. The summed E-state index contributed by atoms with van der Waals surface area (Å²) in [5.41, 5.74) is 2.31. The van der Waals surface area contributed by atoms with E-state index in [2.05, 4.69) is 30.7 Å². The number of hydrogen-bond donors (Lipinski definition) is 4. The SMILES string of the molecule is COC(=O)Nc1ccc(NC(=O)C2CCCC(C(=O)Nc3ccc(NC(=O)OC)cc3)C2)cc1. The predicted molar refractivity (Wildman–Crippen MR) is 128 cm³/mol. The lowest BCUT2D eigenvalue weighted by molar-refractivity contribution is -0.124. The molecule has 0 bridgehead atoms. The molecule has 3 rings (SSSR count). The lowest BCUT2D eigenvalue weighted by Gasteiger charge is -2.27. The Morgan fingerprint density at radius 3 is 1.26 bits per heavy atom. The second kappa shape index (κ2) is 11.7. The lowest BCUT2D eigenvalue weighted by Crippen LogP contribution is -2.33. The number of amides is 4. The van der Waals surface area contributed by atoms with Crippen LogP contribution in [0.3, 0.4) is 0 Å². The first-order valence-electron chi connectivity index (χ1n) is 10.9. The summed E-state index contributed by atoms with van der Waals surface area (Å²) < 4.78 is 9.09. The van der Waals surface area contributed by atoms with Crippen LogP contribution in [0.1, 0.15) is 25.7 Å². The molecule has 10 heteroatoms. The van der Waals surface area contributed by atoms with Gasteiger partial charge in [0.1, 0.15) is 0 Å². The molecule has 1 aliphatic carbocycles. The monoisotopic (exact) mass is 468 g/mol. The Morgan fingerprint density at radius 1 is 0.618 bits per heavy atom. The minimum absolute atomic E-state index is 0.135. The standard InChI is InChI=1S/C24H28N4O6/c1-33-23(31)27-19-10-6-17(7-11-19)25-21(29)15-4-3-5-16(14-15)22(30)26-18-8-12-20(13-9-18)28-24(32)34-2/h6-13,15-16H,3-5,14H2,1-2H3,(H,25,29)(H,26,30)(H,27,31)(H,28,32). The number of ether oxygens (including phenoxy) is 2. The van der Waals surface area contributed by atoms with Gasteiger partial charge in [0.05, 0.1) is 14.2 Å². The quantitative estimate of drug-likeness (QED) is 0.495. The first-order valence-corrected chi connectivity index (χ1v) is 10.9. The van der Waals surface area contributed by atoms with E-state index in [1.54, 1.807) is 48.5 Å². The van der Waals surface area contributed by atoms with Gasteiger partial charge in [0, 0.05) is 34.6 Å². The number of nitrogens with one attached hydrogen (secondary N) is 4. The third-order valence-electron chi connectivity index (χ3n) is 5.58. The number of carbonyl (C=O) groups is 4. The van der Waals surface area contributed by atoms with E-state index >= 15 is 0 Å². The van der Waals surface area contributed by atoms with E-state index in [0.717, 1.165) is 6.42 Å². The topological polar surface area (TPSA) is 135 Å². The van der Waals surface area contributed by atoms with Crippen molar-refractivity contribution in [3.8, 4) is 0 Å². The van der Waals surface area contributed by atoms with Crippen molar-refractivity contribution in [3.63, 3.8) is 0 Å². The van der Waals surface area contributed by atoms with E-state index in [1.807, 2.05) is 0 Å². The molecule has 0 heterocycles. The molecule has 34 heavy (non-hydrogen) atoms. The van der Waals surface area contributed by atoms with Gasteiger partial charge in [-0.1, -0.05) is 6.42 Å². The first kappa shape index (κ1) is 24.6. The van der Waals surface area contributed by atoms with Crippen LogP contribution in [0.5, 0.6) is 0 Å². The summed E-state index contributed by atoms with van der Waals surface area (Å²) in [5, 5.41) is 10.9. The van der Waals surface area contributed by atoms with Crippen molar-refractivity contribution >= 4 is 46.8 Å². The molecule has 2 aromatic carbocycles. The van der Waals surface area contributed by atoms with Gasteiger partial charge in [-0.2, -0.15) is 0 Å². The number of methoxy groups -OCH3 is 2. The van der Waals surface area contributed by atoms with Gasteiger partial charge >= 0.3 is 12.2 Å². The zero-order chi connectivity index (χ0) is 24.5. The molecule has 4 N–H and O–H groups in total. The highest BCUT2D eigenvalue weighted by molar-refractivity contribution is 5.96. The van der Waals surface area contributed by atoms with E-state index in [1.165, 1.54) is 14.2 Å². The largest absolute Gasteiger partial charge is 0.453 e. The Hall–Kier alpha value is -4.08. The lowest BCUT2D eigenvalue weighted by atomic mass is 9.80. The van der Waals surface area contributed by atoms with Gasteiger partial charge in [-0.25, -0.2) is 9.59 Å². The average Bonchev–Trinajstić information content (AvgIpc) is 2.86. The van der Waals surface area contributed by atoms with Gasteiger partial charge in [-0.3, -0.25) is 20.2 Å². The number of hydrogen-bond acceptors (Lipinski definition) is 6. The van der Waals surface area contributed by atoms with Crippen LogP contribution < -0.4 is 21.3 Å². The molecule has 180 valence electrons. The predicted octanol–water partition coefficient (Wildman–Crippen LogP) is 4.43. The molecule has 0 saturated heterocycles. The van der Waals surface area contributed by atoms with Crippen molar-refractivity contribution in [1.29, 1.82) is 0 Å². The average molecular weight is 469 g/mol. The second-order valence-electron chi connectivity index (χ2n) is 7.93. The van der Waals surface area contributed by atoms with E-state index in [4.69, 9.17) is 0 Å². The number of anilines is 4. The Balaban J connectivity index is 1.51. The highest BCUT2D eigenvalue weighted by Crippen LogP contribution is 2.31. The highest BCUT2D eigenvalue weighted by Gasteiger charge is 2.31. The van der Waals surface area contributed by atoms with Crippen molar-refractivity contribution in [2.24, 2.45) is 11.8 Å². The summed E-state index contributed by atoms with van der Waals surface area (Å²) >= 11 is 0. The zero-order valence-electron chi connectivity index (χ0n) is 19.1. The van der Waals surface area contributed by atoms with Gasteiger partial charge in [0.25, 0.3) is 0 Å². The van der Waals surface area contributed by atoms with Crippen molar-refractivity contribution in [2.45, 2.75) is 25.7 Å². The van der Waals surface area contributed by atoms with Crippen molar-refractivity contribution in [1.82, 2.24) is 0 Å². The van der Waals surface area contributed by atoms with Gasteiger partial charge < -0.3 is 20.1 Å². The van der Waals surface area contributed by atoms with Gasteiger partial charge in [0.15, 0.2) is 0 Å². The van der Waals surface area contributed by atoms with Crippen LogP contribution in [0.2, 0.25) is 0 Å². The fraction of sp³-hybridized carbons (Fsp3) is 0.333. The van der Waals surface area contributed by atoms with Crippen molar-refractivity contribution in [2.75, 3.05) is 35.5 Å². The number of carbonyl (C=O) groups excluding carboxylic acids is 4. The molecule has 1 saturated carbocycles. The van der Waals surface area contributed by atoms with Gasteiger partial charge in [0.2, 0.25) is 11.8 Å². The molecule has 4 amide bonds. The molecule has 1 aliphatic rings. The molecule has 2 atom stereocenters. The van der Waals surface area contributed by atoms with Crippen LogP contribution in [0.25, 0.3) is 0 Å². The third kappa shape index (κ3) is 6.96.